The monoisotopic (exact) mass is 510 g/mol. The number of hydrogen-bond acceptors (Lipinski definition) is 0. The van der Waals surface area contributed by atoms with Crippen LogP contribution in [0.2, 0.25) is 0 Å². The second-order valence-corrected chi connectivity index (χ2v) is 9.50. The Kier molecular flexibility index (Phi) is 4.19. The quantitative estimate of drug-likeness (QED) is 0.203. The zero-order chi connectivity index (χ0) is 20.2. The molecule has 6 aromatic carbocycles. The van der Waals surface area contributed by atoms with Crippen LogP contribution in [-0.2, 0) is 0 Å². The van der Waals surface area contributed by atoms with Gasteiger partial charge < -0.3 is 0 Å². The van der Waals surface area contributed by atoms with Crippen molar-refractivity contribution >= 4 is 64.2 Å². The van der Waals surface area contributed by atoms with Gasteiger partial charge in [-0.3, -0.25) is 0 Å². The molecule has 0 aliphatic carbocycles. The molecule has 0 aromatic heterocycles. The van der Waals surface area contributed by atoms with Crippen LogP contribution in [-0.4, -0.2) is 0 Å². The van der Waals surface area contributed by atoms with Crippen molar-refractivity contribution in [1.29, 1.82) is 0 Å². The molecule has 142 valence electrons. The van der Waals surface area contributed by atoms with E-state index in [0.29, 0.717) is 0 Å². The molecule has 0 aliphatic rings. The minimum atomic E-state index is 1.10. The van der Waals surface area contributed by atoms with Crippen LogP contribution >= 0.6 is 31.9 Å². The van der Waals surface area contributed by atoms with Gasteiger partial charge in [0, 0.05) is 8.95 Å². The predicted octanol–water partition coefficient (Wildman–Crippen LogP) is 9.44. The van der Waals surface area contributed by atoms with Crippen molar-refractivity contribution in [3.8, 4) is 22.3 Å². The van der Waals surface area contributed by atoms with Gasteiger partial charge in [-0.05, 0) is 91.0 Å². The lowest BCUT2D eigenvalue weighted by Crippen LogP contribution is -1.90. The lowest BCUT2D eigenvalue weighted by molar-refractivity contribution is 1.62. The van der Waals surface area contributed by atoms with Crippen molar-refractivity contribution in [1.82, 2.24) is 0 Å². The Bertz CT molecular complexity index is 1420. The fraction of sp³-hybridized carbons (Fsp3) is 0. The van der Waals surface area contributed by atoms with Gasteiger partial charge in [-0.25, -0.2) is 0 Å². The fourth-order valence-corrected chi connectivity index (χ4v) is 5.12. The molecule has 30 heavy (non-hydrogen) atoms. The molecule has 0 N–H and O–H groups in total. The second-order valence-electron chi connectivity index (χ2n) is 7.67. The minimum absolute atomic E-state index is 1.10. The van der Waals surface area contributed by atoms with Gasteiger partial charge in [-0.2, -0.15) is 0 Å². The first-order valence-corrected chi connectivity index (χ1v) is 11.5. The summed E-state index contributed by atoms with van der Waals surface area (Å²) in [5, 5.41) is 7.89. The van der Waals surface area contributed by atoms with Crippen molar-refractivity contribution in [3.63, 3.8) is 0 Å². The normalized spacial score (nSPS) is 11.7. The van der Waals surface area contributed by atoms with Crippen LogP contribution in [0.3, 0.4) is 0 Å². The number of halogens is 2. The summed E-state index contributed by atoms with van der Waals surface area (Å²) in [6.45, 7) is 0. The van der Waals surface area contributed by atoms with Crippen LogP contribution in [0.4, 0.5) is 0 Å². The highest BCUT2D eigenvalue weighted by atomic mass is 79.9. The molecule has 0 aliphatic heterocycles. The third-order valence-corrected chi connectivity index (χ3v) is 6.99. The van der Waals surface area contributed by atoms with Crippen molar-refractivity contribution in [2.45, 2.75) is 0 Å². The lowest BCUT2D eigenvalue weighted by atomic mass is 9.86. The van der Waals surface area contributed by atoms with Crippen LogP contribution in [0.5, 0.6) is 0 Å². The summed E-state index contributed by atoms with van der Waals surface area (Å²) in [5.74, 6) is 0. The molecule has 2 heteroatoms. The van der Waals surface area contributed by atoms with Crippen molar-refractivity contribution in [3.05, 3.63) is 106 Å². The molecule has 0 heterocycles. The van der Waals surface area contributed by atoms with Gasteiger partial charge in [0.1, 0.15) is 0 Å². The van der Waals surface area contributed by atoms with E-state index in [0.717, 1.165) is 8.95 Å². The van der Waals surface area contributed by atoms with E-state index in [1.54, 1.807) is 0 Å². The molecular formula is C28H16Br2. The summed E-state index contributed by atoms with van der Waals surface area (Å²) in [5.41, 5.74) is 5.03. The summed E-state index contributed by atoms with van der Waals surface area (Å²) >= 11 is 7.13. The van der Waals surface area contributed by atoms with Crippen LogP contribution in [0.1, 0.15) is 0 Å². The van der Waals surface area contributed by atoms with E-state index in [4.69, 9.17) is 0 Å². The number of rotatable bonds is 2. The first kappa shape index (κ1) is 18.1. The van der Waals surface area contributed by atoms with Gasteiger partial charge >= 0.3 is 0 Å². The van der Waals surface area contributed by atoms with Crippen molar-refractivity contribution in [2.75, 3.05) is 0 Å². The number of benzene rings is 6. The maximum atomic E-state index is 3.57. The van der Waals surface area contributed by atoms with Crippen LogP contribution < -0.4 is 0 Å². The summed E-state index contributed by atoms with van der Waals surface area (Å²) in [4.78, 5) is 0. The maximum absolute atomic E-state index is 3.57. The molecule has 0 atom stereocenters. The Morgan fingerprint density at radius 2 is 0.867 bits per heavy atom. The summed E-state index contributed by atoms with van der Waals surface area (Å²) in [6.07, 6.45) is 0. The van der Waals surface area contributed by atoms with Gasteiger partial charge in [0.2, 0.25) is 0 Å². The number of hydrogen-bond donors (Lipinski definition) is 0. The fourth-order valence-electron chi connectivity index (χ4n) is 4.59. The van der Waals surface area contributed by atoms with Crippen molar-refractivity contribution < 1.29 is 0 Å². The van der Waals surface area contributed by atoms with Crippen LogP contribution in [0, 0.1) is 0 Å². The first-order valence-electron chi connectivity index (χ1n) is 9.91. The third-order valence-electron chi connectivity index (χ3n) is 5.93. The van der Waals surface area contributed by atoms with E-state index in [9.17, 15) is 0 Å². The first-order chi connectivity index (χ1) is 14.7. The highest BCUT2D eigenvalue weighted by molar-refractivity contribution is 9.10. The largest absolute Gasteiger partial charge is 0.0610 e. The molecular weight excluding hydrogens is 496 g/mol. The van der Waals surface area contributed by atoms with E-state index in [1.165, 1.54) is 54.6 Å². The third kappa shape index (κ3) is 2.79. The van der Waals surface area contributed by atoms with Gasteiger partial charge in [-0.15, -0.1) is 0 Å². The van der Waals surface area contributed by atoms with E-state index >= 15 is 0 Å². The molecule has 0 amide bonds. The smallest absolute Gasteiger partial charge is 0.0175 e. The average Bonchev–Trinajstić information content (AvgIpc) is 2.78. The Morgan fingerprint density at radius 1 is 0.433 bits per heavy atom. The molecule has 0 radical (unpaired) electrons. The lowest BCUT2D eigenvalue weighted by Gasteiger charge is -2.18. The minimum Gasteiger partial charge on any atom is -0.0610 e. The summed E-state index contributed by atoms with van der Waals surface area (Å²) in [7, 11) is 0. The van der Waals surface area contributed by atoms with Gasteiger partial charge in [0.15, 0.2) is 0 Å². The van der Waals surface area contributed by atoms with E-state index < -0.39 is 0 Å². The van der Waals surface area contributed by atoms with E-state index in [1.807, 2.05) is 0 Å². The Hall–Kier alpha value is -2.68. The summed E-state index contributed by atoms with van der Waals surface area (Å²) in [6, 6.07) is 35.3. The molecule has 6 rings (SSSR count). The molecule has 6 aromatic rings. The Labute approximate surface area is 191 Å². The zero-order valence-corrected chi connectivity index (χ0v) is 19.2. The topological polar surface area (TPSA) is 0 Å². The van der Waals surface area contributed by atoms with Crippen LogP contribution in [0.25, 0.3) is 54.6 Å². The Balaban J connectivity index is 1.78. The maximum Gasteiger partial charge on any atom is 0.0175 e. The molecule has 0 saturated heterocycles. The molecule has 0 bridgehead atoms. The van der Waals surface area contributed by atoms with Crippen LogP contribution in [0.15, 0.2) is 106 Å². The molecule has 0 fully saturated rings. The molecule has 0 nitrogen and oxygen atoms in total. The van der Waals surface area contributed by atoms with Crippen molar-refractivity contribution in [2.24, 2.45) is 0 Å². The van der Waals surface area contributed by atoms with Gasteiger partial charge in [0.05, 0.1) is 0 Å². The second kappa shape index (κ2) is 6.94. The average molecular weight is 512 g/mol. The predicted molar refractivity (Wildman–Crippen MR) is 136 cm³/mol. The van der Waals surface area contributed by atoms with E-state index in [2.05, 4.69) is 129 Å². The molecule has 0 saturated carbocycles. The van der Waals surface area contributed by atoms with Gasteiger partial charge in [-0.1, -0.05) is 92.5 Å². The summed E-state index contributed by atoms with van der Waals surface area (Å²) < 4.78 is 2.20. The highest BCUT2D eigenvalue weighted by Crippen LogP contribution is 2.44. The molecule has 0 unspecified atom stereocenters. The SMILES string of the molecule is Brc1ccc(-c2cc3cccc4cc(-c5ccc(Br)cc5)c5cccc2c5c34)cc1. The Morgan fingerprint density at radius 3 is 1.33 bits per heavy atom. The standard InChI is InChI=1S/C28H16Br2/c29-21-11-7-17(8-12-21)25-15-19-3-1-4-20-16-26(18-9-13-22(30)14-10-18)24-6-2-5-23(25)28(24)27(19)20/h1-16H. The molecule has 0 spiro atoms. The van der Waals surface area contributed by atoms with E-state index in [-0.39, 0.29) is 0 Å². The zero-order valence-electron chi connectivity index (χ0n) is 16.0. The van der Waals surface area contributed by atoms with Gasteiger partial charge in [0.25, 0.3) is 0 Å². The highest BCUT2D eigenvalue weighted by Gasteiger charge is 2.16.